The van der Waals surface area contributed by atoms with Crippen LogP contribution in [0, 0.1) is 11.7 Å². The van der Waals surface area contributed by atoms with Gasteiger partial charge in [0.25, 0.3) is 0 Å². The first-order valence-corrected chi connectivity index (χ1v) is 8.38. The number of benzene rings is 2. The monoisotopic (exact) mass is 328 g/mol. The molecule has 0 heterocycles. The summed E-state index contributed by atoms with van der Waals surface area (Å²) in [6, 6.07) is 16.5. The van der Waals surface area contributed by atoms with Crippen molar-refractivity contribution in [1.29, 1.82) is 0 Å². The van der Waals surface area contributed by atoms with Crippen molar-refractivity contribution in [3.05, 3.63) is 71.5 Å². The summed E-state index contributed by atoms with van der Waals surface area (Å²) in [7, 11) is 0. The molecule has 4 heteroatoms. The number of hydrogen-bond donors (Lipinski definition) is 1. The molecule has 0 aliphatic carbocycles. The minimum Gasteiger partial charge on any atom is -0.338 e. The van der Waals surface area contributed by atoms with E-state index in [1.54, 1.807) is 18.2 Å². The molecule has 2 aromatic carbocycles. The summed E-state index contributed by atoms with van der Waals surface area (Å²) in [5, 5.41) is 0. The quantitative estimate of drug-likeness (QED) is 0.807. The Bertz CT molecular complexity index is 645. The number of nitrogens with two attached hydrogens (primary N) is 1. The second kappa shape index (κ2) is 9.18. The first-order valence-electron chi connectivity index (χ1n) is 8.38. The first kappa shape index (κ1) is 18.1. The summed E-state index contributed by atoms with van der Waals surface area (Å²) in [5.74, 6) is -0.493. The normalized spacial score (nSPS) is 12.0. The molecule has 0 aliphatic heterocycles. The van der Waals surface area contributed by atoms with Gasteiger partial charge in [0, 0.05) is 19.0 Å². The number of halogens is 1. The second-order valence-corrected chi connectivity index (χ2v) is 6.08. The lowest BCUT2D eigenvalue weighted by atomic mass is 9.99. The molecule has 1 unspecified atom stereocenters. The number of hydrogen-bond acceptors (Lipinski definition) is 2. The molecule has 0 radical (unpaired) electrons. The number of amides is 1. The third-order valence-corrected chi connectivity index (χ3v) is 4.07. The molecular formula is C20H25FN2O. The molecule has 2 rings (SSSR count). The van der Waals surface area contributed by atoms with Crippen LogP contribution in [0.25, 0.3) is 0 Å². The van der Waals surface area contributed by atoms with Crippen molar-refractivity contribution in [1.82, 2.24) is 4.90 Å². The maximum atomic E-state index is 13.8. The molecule has 128 valence electrons. The average molecular weight is 328 g/mol. The topological polar surface area (TPSA) is 46.3 Å². The molecule has 1 atom stereocenters. The highest BCUT2D eigenvalue weighted by Crippen LogP contribution is 2.16. The Labute approximate surface area is 143 Å². The van der Waals surface area contributed by atoms with E-state index in [9.17, 15) is 9.18 Å². The van der Waals surface area contributed by atoms with Crippen LogP contribution in [0.5, 0.6) is 0 Å². The fraction of sp³-hybridized carbons (Fsp3) is 0.350. The van der Waals surface area contributed by atoms with Gasteiger partial charge in [-0.2, -0.15) is 0 Å². The van der Waals surface area contributed by atoms with Crippen molar-refractivity contribution in [2.45, 2.75) is 26.3 Å². The average Bonchev–Trinajstić information content (AvgIpc) is 2.60. The Kier molecular flexibility index (Phi) is 6.94. The van der Waals surface area contributed by atoms with Crippen LogP contribution in [-0.2, 0) is 17.8 Å². The lowest BCUT2D eigenvalue weighted by molar-refractivity contribution is -0.135. The zero-order valence-electron chi connectivity index (χ0n) is 14.1. The summed E-state index contributed by atoms with van der Waals surface area (Å²) < 4.78 is 13.8. The lowest BCUT2D eigenvalue weighted by Gasteiger charge is -2.26. The van der Waals surface area contributed by atoms with Crippen LogP contribution < -0.4 is 5.73 Å². The molecule has 0 saturated carbocycles. The van der Waals surface area contributed by atoms with E-state index in [0.29, 0.717) is 31.6 Å². The van der Waals surface area contributed by atoms with Gasteiger partial charge >= 0.3 is 0 Å². The Morgan fingerprint density at radius 3 is 2.46 bits per heavy atom. The molecule has 0 aromatic heterocycles. The van der Waals surface area contributed by atoms with Gasteiger partial charge < -0.3 is 10.6 Å². The Hall–Kier alpha value is -2.20. The second-order valence-electron chi connectivity index (χ2n) is 6.08. The highest BCUT2D eigenvalue weighted by atomic mass is 19.1. The standard InChI is InChI=1S/C20H25FN2O/c1-16(14-18-10-5-6-11-19(18)21)20(24)23(13-7-12-22)15-17-8-3-2-4-9-17/h2-6,8-11,16H,7,12-15,22H2,1H3. The maximum Gasteiger partial charge on any atom is 0.226 e. The molecule has 0 spiro atoms. The minimum atomic E-state index is -0.275. The summed E-state index contributed by atoms with van der Waals surface area (Å²) in [6.45, 7) is 3.57. The van der Waals surface area contributed by atoms with Crippen molar-refractivity contribution in [3.8, 4) is 0 Å². The van der Waals surface area contributed by atoms with Gasteiger partial charge in [-0.05, 0) is 36.6 Å². The third-order valence-electron chi connectivity index (χ3n) is 4.07. The summed E-state index contributed by atoms with van der Waals surface area (Å²) in [5.41, 5.74) is 7.27. The van der Waals surface area contributed by atoms with Crippen LogP contribution >= 0.6 is 0 Å². The molecule has 1 amide bonds. The molecular weight excluding hydrogens is 303 g/mol. The molecule has 3 nitrogen and oxygen atoms in total. The molecule has 0 aliphatic rings. The van der Waals surface area contributed by atoms with Crippen molar-refractivity contribution in [2.24, 2.45) is 11.7 Å². The highest BCUT2D eigenvalue weighted by molar-refractivity contribution is 5.78. The third kappa shape index (κ3) is 5.17. The van der Waals surface area contributed by atoms with E-state index in [1.807, 2.05) is 42.2 Å². The number of rotatable bonds is 8. The van der Waals surface area contributed by atoms with Crippen LogP contribution in [0.15, 0.2) is 54.6 Å². The highest BCUT2D eigenvalue weighted by Gasteiger charge is 2.21. The zero-order chi connectivity index (χ0) is 17.4. The number of carbonyl (C=O) groups excluding carboxylic acids is 1. The van der Waals surface area contributed by atoms with E-state index < -0.39 is 0 Å². The van der Waals surface area contributed by atoms with E-state index in [1.165, 1.54) is 6.07 Å². The van der Waals surface area contributed by atoms with Crippen molar-refractivity contribution in [2.75, 3.05) is 13.1 Å². The van der Waals surface area contributed by atoms with Gasteiger partial charge in [0.1, 0.15) is 5.82 Å². The van der Waals surface area contributed by atoms with Gasteiger partial charge in [-0.1, -0.05) is 55.5 Å². The Morgan fingerprint density at radius 2 is 1.79 bits per heavy atom. The smallest absolute Gasteiger partial charge is 0.226 e. The van der Waals surface area contributed by atoms with Crippen molar-refractivity contribution < 1.29 is 9.18 Å². The molecule has 0 saturated heterocycles. The molecule has 2 N–H and O–H groups in total. The van der Waals surface area contributed by atoms with Crippen LogP contribution in [-0.4, -0.2) is 23.9 Å². The van der Waals surface area contributed by atoms with Gasteiger partial charge in [0.15, 0.2) is 0 Å². The van der Waals surface area contributed by atoms with Crippen LogP contribution in [0.1, 0.15) is 24.5 Å². The van der Waals surface area contributed by atoms with Crippen LogP contribution in [0.4, 0.5) is 4.39 Å². The number of nitrogens with zero attached hydrogens (tertiary/aromatic N) is 1. The maximum absolute atomic E-state index is 13.8. The Morgan fingerprint density at radius 1 is 1.12 bits per heavy atom. The van der Waals surface area contributed by atoms with Gasteiger partial charge in [-0.25, -0.2) is 4.39 Å². The van der Waals surface area contributed by atoms with E-state index in [2.05, 4.69) is 0 Å². The number of carbonyl (C=O) groups is 1. The molecule has 24 heavy (non-hydrogen) atoms. The minimum absolute atomic E-state index is 0.0376. The van der Waals surface area contributed by atoms with Gasteiger partial charge in [0.05, 0.1) is 0 Å². The lowest BCUT2D eigenvalue weighted by Crippen LogP contribution is -2.37. The van der Waals surface area contributed by atoms with E-state index in [4.69, 9.17) is 5.73 Å². The van der Waals surface area contributed by atoms with E-state index >= 15 is 0 Å². The van der Waals surface area contributed by atoms with Gasteiger partial charge in [-0.15, -0.1) is 0 Å². The summed E-state index contributed by atoms with van der Waals surface area (Å²) in [6.07, 6.45) is 1.16. The SMILES string of the molecule is CC(Cc1ccccc1F)C(=O)N(CCCN)Cc1ccccc1. The fourth-order valence-corrected chi connectivity index (χ4v) is 2.75. The van der Waals surface area contributed by atoms with Crippen LogP contribution in [0.2, 0.25) is 0 Å². The van der Waals surface area contributed by atoms with Crippen LogP contribution in [0.3, 0.4) is 0 Å². The predicted molar refractivity (Wildman–Crippen MR) is 94.8 cm³/mol. The predicted octanol–water partition coefficient (Wildman–Crippen LogP) is 3.38. The van der Waals surface area contributed by atoms with E-state index in [-0.39, 0.29) is 17.6 Å². The van der Waals surface area contributed by atoms with Crippen molar-refractivity contribution >= 4 is 5.91 Å². The summed E-state index contributed by atoms with van der Waals surface area (Å²) in [4.78, 5) is 14.7. The molecule has 0 bridgehead atoms. The summed E-state index contributed by atoms with van der Waals surface area (Å²) >= 11 is 0. The molecule has 0 fully saturated rings. The molecule has 2 aromatic rings. The van der Waals surface area contributed by atoms with Gasteiger partial charge in [-0.3, -0.25) is 4.79 Å². The van der Waals surface area contributed by atoms with E-state index in [0.717, 1.165) is 12.0 Å². The zero-order valence-corrected chi connectivity index (χ0v) is 14.1. The fourth-order valence-electron chi connectivity index (χ4n) is 2.75. The Balaban J connectivity index is 2.06. The largest absolute Gasteiger partial charge is 0.338 e. The van der Waals surface area contributed by atoms with Crippen molar-refractivity contribution in [3.63, 3.8) is 0 Å². The van der Waals surface area contributed by atoms with Gasteiger partial charge in [0.2, 0.25) is 5.91 Å². The first-order chi connectivity index (χ1) is 11.6.